The Kier molecular flexibility index (Phi) is 3.73. The number of rotatable bonds is 3. The molecule has 1 aromatic carbocycles. The molecule has 5 nitrogen and oxygen atoms in total. The van der Waals surface area contributed by atoms with Gasteiger partial charge in [-0.3, -0.25) is 9.78 Å². The molecule has 0 saturated carbocycles. The van der Waals surface area contributed by atoms with Crippen LogP contribution in [0.5, 0.6) is 11.5 Å². The zero-order chi connectivity index (χ0) is 14.7. The molecule has 1 aliphatic rings. The number of carbonyl (C=O) groups is 1. The van der Waals surface area contributed by atoms with Gasteiger partial charge in [-0.1, -0.05) is 0 Å². The van der Waals surface area contributed by atoms with E-state index >= 15 is 0 Å². The fraction of sp³-hybridized carbons (Fsp3) is 0.250. The monoisotopic (exact) mass is 284 g/mol. The van der Waals surface area contributed by atoms with Gasteiger partial charge >= 0.3 is 0 Å². The van der Waals surface area contributed by atoms with Gasteiger partial charge in [0.15, 0.2) is 11.5 Å². The summed E-state index contributed by atoms with van der Waals surface area (Å²) in [5, 5.41) is 2.96. The molecule has 0 bridgehead atoms. The summed E-state index contributed by atoms with van der Waals surface area (Å²) in [5.74, 6) is 1.15. The summed E-state index contributed by atoms with van der Waals surface area (Å²) in [7, 11) is 0. The third-order valence-corrected chi connectivity index (χ3v) is 3.36. The molecule has 0 radical (unpaired) electrons. The lowest BCUT2D eigenvalue weighted by molar-refractivity contribution is 0.0938. The van der Waals surface area contributed by atoms with Crippen LogP contribution in [0.3, 0.4) is 0 Å². The first kappa shape index (κ1) is 13.4. The number of hydrogen-bond donors (Lipinski definition) is 1. The fourth-order valence-corrected chi connectivity index (χ4v) is 2.20. The van der Waals surface area contributed by atoms with E-state index < -0.39 is 0 Å². The predicted octanol–water partition coefficient (Wildman–Crippen LogP) is 2.34. The van der Waals surface area contributed by atoms with Crippen LogP contribution < -0.4 is 14.8 Å². The second-order valence-corrected chi connectivity index (χ2v) is 4.83. The molecular weight excluding hydrogens is 268 g/mol. The van der Waals surface area contributed by atoms with Crippen LogP contribution in [0.25, 0.3) is 0 Å². The summed E-state index contributed by atoms with van der Waals surface area (Å²) in [5.41, 5.74) is 1.57. The largest absolute Gasteiger partial charge is 0.486 e. The number of benzene rings is 1. The van der Waals surface area contributed by atoms with E-state index in [0.717, 1.165) is 5.56 Å². The molecule has 0 fully saturated rings. The third kappa shape index (κ3) is 2.97. The van der Waals surface area contributed by atoms with Crippen molar-refractivity contribution in [2.45, 2.75) is 13.0 Å². The highest BCUT2D eigenvalue weighted by Gasteiger charge is 2.16. The lowest BCUT2D eigenvalue weighted by Crippen LogP contribution is -2.27. The van der Waals surface area contributed by atoms with Crippen LogP contribution in [-0.4, -0.2) is 24.1 Å². The molecule has 1 aliphatic heterocycles. The minimum atomic E-state index is -0.142. The lowest BCUT2D eigenvalue weighted by atomic mass is 10.1. The Morgan fingerprint density at radius 1 is 1.14 bits per heavy atom. The maximum atomic E-state index is 12.3. The van der Waals surface area contributed by atoms with Crippen molar-refractivity contribution in [3.8, 4) is 11.5 Å². The highest BCUT2D eigenvalue weighted by Crippen LogP contribution is 2.30. The standard InChI is InChI=1S/C16H16N2O3/c1-11(12-4-6-17-7-5-12)18-16(19)13-2-3-14-15(10-13)21-9-8-20-14/h2-7,10-11H,8-9H2,1H3,(H,18,19). The smallest absolute Gasteiger partial charge is 0.251 e. The van der Waals surface area contributed by atoms with Crippen molar-refractivity contribution in [3.63, 3.8) is 0 Å². The highest BCUT2D eigenvalue weighted by molar-refractivity contribution is 5.95. The lowest BCUT2D eigenvalue weighted by Gasteiger charge is -2.19. The zero-order valence-electron chi connectivity index (χ0n) is 11.7. The number of hydrogen-bond acceptors (Lipinski definition) is 4. The maximum Gasteiger partial charge on any atom is 0.251 e. The Morgan fingerprint density at radius 2 is 1.86 bits per heavy atom. The van der Waals surface area contributed by atoms with E-state index in [2.05, 4.69) is 10.3 Å². The molecule has 3 rings (SSSR count). The van der Waals surface area contributed by atoms with Gasteiger partial charge in [-0.25, -0.2) is 0 Å². The van der Waals surface area contributed by atoms with Gasteiger partial charge in [-0.2, -0.15) is 0 Å². The maximum absolute atomic E-state index is 12.3. The van der Waals surface area contributed by atoms with Crippen molar-refractivity contribution in [2.24, 2.45) is 0 Å². The Hall–Kier alpha value is -2.56. The van der Waals surface area contributed by atoms with Crippen molar-refractivity contribution >= 4 is 5.91 Å². The average molecular weight is 284 g/mol. The van der Waals surface area contributed by atoms with Crippen LogP contribution in [0.2, 0.25) is 0 Å². The van der Waals surface area contributed by atoms with Crippen LogP contribution >= 0.6 is 0 Å². The molecule has 108 valence electrons. The van der Waals surface area contributed by atoms with E-state index in [-0.39, 0.29) is 11.9 Å². The fourth-order valence-electron chi connectivity index (χ4n) is 2.20. The van der Waals surface area contributed by atoms with Crippen molar-refractivity contribution in [1.82, 2.24) is 10.3 Å². The first-order chi connectivity index (χ1) is 10.2. The quantitative estimate of drug-likeness (QED) is 0.939. The van der Waals surface area contributed by atoms with Gasteiger partial charge in [0, 0.05) is 18.0 Å². The number of ether oxygens (including phenoxy) is 2. The van der Waals surface area contributed by atoms with Crippen molar-refractivity contribution in [3.05, 3.63) is 53.9 Å². The Bertz CT molecular complexity index is 643. The molecule has 21 heavy (non-hydrogen) atoms. The molecular formula is C16H16N2O3. The summed E-state index contributed by atoms with van der Waals surface area (Å²) in [4.78, 5) is 16.3. The van der Waals surface area contributed by atoms with E-state index in [1.807, 2.05) is 19.1 Å². The van der Waals surface area contributed by atoms with Crippen LogP contribution in [-0.2, 0) is 0 Å². The Labute approximate surface area is 122 Å². The van der Waals surface area contributed by atoms with Gasteiger partial charge < -0.3 is 14.8 Å². The number of amides is 1. The van der Waals surface area contributed by atoms with Gasteiger partial charge in [-0.15, -0.1) is 0 Å². The van der Waals surface area contributed by atoms with E-state index in [1.165, 1.54) is 0 Å². The number of aromatic nitrogens is 1. The molecule has 2 heterocycles. The number of nitrogens with one attached hydrogen (secondary N) is 1. The molecule has 1 aromatic heterocycles. The summed E-state index contributed by atoms with van der Waals surface area (Å²) in [6, 6.07) is 8.89. The van der Waals surface area contributed by atoms with Gasteiger partial charge in [0.2, 0.25) is 0 Å². The zero-order valence-corrected chi connectivity index (χ0v) is 11.7. The van der Waals surface area contributed by atoms with E-state index in [1.54, 1.807) is 30.6 Å². The van der Waals surface area contributed by atoms with Gasteiger partial charge in [0.1, 0.15) is 13.2 Å². The normalized spacial score (nSPS) is 14.3. The average Bonchev–Trinajstić information content (AvgIpc) is 2.55. The first-order valence-corrected chi connectivity index (χ1v) is 6.84. The van der Waals surface area contributed by atoms with Crippen molar-refractivity contribution < 1.29 is 14.3 Å². The first-order valence-electron chi connectivity index (χ1n) is 6.84. The minimum absolute atomic E-state index is 0.0892. The molecule has 1 N–H and O–H groups in total. The van der Waals surface area contributed by atoms with Crippen LogP contribution in [0.15, 0.2) is 42.7 Å². The summed E-state index contributed by atoms with van der Waals surface area (Å²) in [6.45, 7) is 2.98. The molecule has 2 aromatic rings. The van der Waals surface area contributed by atoms with Gasteiger partial charge in [0.25, 0.3) is 5.91 Å². The predicted molar refractivity (Wildman–Crippen MR) is 77.6 cm³/mol. The van der Waals surface area contributed by atoms with E-state index in [0.29, 0.717) is 30.3 Å². The number of pyridine rings is 1. The van der Waals surface area contributed by atoms with E-state index in [4.69, 9.17) is 9.47 Å². The number of nitrogens with zero attached hydrogens (tertiary/aromatic N) is 1. The third-order valence-electron chi connectivity index (χ3n) is 3.36. The summed E-state index contributed by atoms with van der Waals surface area (Å²) < 4.78 is 10.9. The molecule has 1 unspecified atom stereocenters. The summed E-state index contributed by atoms with van der Waals surface area (Å²) in [6.07, 6.45) is 3.42. The molecule has 1 amide bonds. The van der Waals surface area contributed by atoms with Crippen molar-refractivity contribution in [1.29, 1.82) is 0 Å². The molecule has 0 spiro atoms. The molecule has 0 saturated heterocycles. The van der Waals surface area contributed by atoms with Crippen molar-refractivity contribution in [2.75, 3.05) is 13.2 Å². The van der Waals surface area contributed by atoms with Gasteiger partial charge in [-0.05, 0) is 42.8 Å². The van der Waals surface area contributed by atoms with Gasteiger partial charge in [0.05, 0.1) is 6.04 Å². The van der Waals surface area contributed by atoms with Crippen LogP contribution in [0, 0.1) is 0 Å². The van der Waals surface area contributed by atoms with Crippen LogP contribution in [0.4, 0.5) is 0 Å². The molecule has 0 aliphatic carbocycles. The minimum Gasteiger partial charge on any atom is -0.486 e. The Balaban J connectivity index is 1.73. The van der Waals surface area contributed by atoms with Crippen LogP contribution in [0.1, 0.15) is 28.9 Å². The Morgan fingerprint density at radius 3 is 2.62 bits per heavy atom. The molecule has 1 atom stereocenters. The highest BCUT2D eigenvalue weighted by atomic mass is 16.6. The second-order valence-electron chi connectivity index (χ2n) is 4.83. The topological polar surface area (TPSA) is 60.5 Å². The number of carbonyl (C=O) groups excluding carboxylic acids is 1. The van der Waals surface area contributed by atoms with E-state index in [9.17, 15) is 4.79 Å². The SMILES string of the molecule is CC(NC(=O)c1ccc2c(c1)OCCO2)c1ccncc1. The second kappa shape index (κ2) is 5.83. The molecule has 5 heteroatoms. The number of fused-ring (bicyclic) bond motifs is 1. The summed E-state index contributed by atoms with van der Waals surface area (Å²) >= 11 is 0.